The molecule has 0 radical (unpaired) electrons. The molecular formula is C12H15ClN2O2S. The van der Waals surface area contributed by atoms with Crippen LogP contribution in [-0.2, 0) is 10.0 Å². The summed E-state index contributed by atoms with van der Waals surface area (Å²) >= 11 is 5.64. The van der Waals surface area contributed by atoms with Crippen LogP contribution in [0.15, 0.2) is 23.2 Å². The van der Waals surface area contributed by atoms with Gasteiger partial charge >= 0.3 is 0 Å². The first-order valence-electron chi connectivity index (χ1n) is 6.13. The summed E-state index contributed by atoms with van der Waals surface area (Å²) in [4.78, 5) is 3.98. The van der Waals surface area contributed by atoms with Gasteiger partial charge in [0.15, 0.2) is 0 Å². The number of hydrogen-bond donors (Lipinski definition) is 1. The molecule has 0 aromatic carbocycles. The standard InChI is InChI=1S/C12H15ClN2O2S/c13-11-4-3-10(7-14-11)18(16,17)15-8-12(5-6-12)9-1-2-9/h3-4,7,9,15H,1-2,5-6,8H2. The van der Waals surface area contributed by atoms with Crippen molar-refractivity contribution in [3.63, 3.8) is 0 Å². The lowest BCUT2D eigenvalue weighted by Crippen LogP contribution is -2.31. The third kappa shape index (κ3) is 2.39. The Labute approximate surface area is 112 Å². The zero-order chi connectivity index (χ0) is 12.8. The van der Waals surface area contributed by atoms with Crippen LogP contribution in [0.25, 0.3) is 0 Å². The molecule has 0 atom stereocenters. The lowest BCUT2D eigenvalue weighted by molar-refractivity contribution is 0.432. The highest BCUT2D eigenvalue weighted by molar-refractivity contribution is 7.89. The maximum atomic E-state index is 12.1. The minimum atomic E-state index is -3.45. The topological polar surface area (TPSA) is 59.1 Å². The van der Waals surface area contributed by atoms with Crippen LogP contribution >= 0.6 is 11.6 Å². The van der Waals surface area contributed by atoms with Crippen molar-refractivity contribution in [2.45, 2.75) is 30.6 Å². The molecule has 2 fully saturated rings. The van der Waals surface area contributed by atoms with Crippen molar-refractivity contribution in [2.24, 2.45) is 11.3 Å². The van der Waals surface area contributed by atoms with Crippen molar-refractivity contribution in [1.29, 1.82) is 0 Å². The Kier molecular flexibility index (Phi) is 2.88. The van der Waals surface area contributed by atoms with Gasteiger partial charge in [-0.3, -0.25) is 0 Å². The highest BCUT2D eigenvalue weighted by Gasteiger charge is 2.53. The van der Waals surface area contributed by atoms with E-state index in [4.69, 9.17) is 11.6 Å². The molecule has 0 bridgehead atoms. The molecule has 6 heteroatoms. The summed E-state index contributed by atoms with van der Waals surface area (Å²) < 4.78 is 26.8. The second-order valence-corrected chi connectivity index (χ2v) is 7.43. The summed E-state index contributed by atoms with van der Waals surface area (Å²) in [7, 11) is -3.45. The molecule has 98 valence electrons. The van der Waals surface area contributed by atoms with E-state index in [1.165, 1.54) is 31.2 Å². The number of halogens is 1. The molecule has 18 heavy (non-hydrogen) atoms. The lowest BCUT2D eigenvalue weighted by Gasteiger charge is -2.15. The molecule has 1 aromatic rings. The molecule has 0 unspecified atom stereocenters. The monoisotopic (exact) mass is 286 g/mol. The molecule has 1 aromatic heterocycles. The first-order chi connectivity index (χ1) is 8.52. The molecule has 0 aliphatic heterocycles. The van der Waals surface area contributed by atoms with Crippen LogP contribution in [0.1, 0.15) is 25.7 Å². The van der Waals surface area contributed by atoms with Gasteiger partial charge in [0.05, 0.1) is 0 Å². The van der Waals surface area contributed by atoms with E-state index in [-0.39, 0.29) is 10.3 Å². The minimum Gasteiger partial charge on any atom is -0.243 e. The summed E-state index contributed by atoms with van der Waals surface area (Å²) in [5.41, 5.74) is 0.257. The predicted octanol–water partition coefficient (Wildman–Crippen LogP) is 2.20. The Hall–Kier alpha value is -0.650. The molecule has 0 amide bonds. The summed E-state index contributed by atoms with van der Waals surface area (Å²) in [6, 6.07) is 2.97. The smallest absolute Gasteiger partial charge is 0.242 e. The zero-order valence-corrected chi connectivity index (χ0v) is 11.5. The van der Waals surface area contributed by atoms with Crippen LogP contribution in [0, 0.1) is 11.3 Å². The fraction of sp³-hybridized carbons (Fsp3) is 0.583. The third-order valence-corrected chi connectivity index (χ3v) is 5.57. The first-order valence-corrected chi connectivity index (χ1v) is 7.99. The Morgan fingerprint density at radius 1 is 1.39 bits per heavy atom. The minimum absolute atomic E-state index is 0.179. The first kappa shape index (κ1) is 12.4. The summed E-state index contributed by atoms with van der Waals surface area (Å²) in [6.45, 7) is 0.558. The number of pyridine rings is 1. The number of nitrogens with one attached hydrogen (secondary N) is 1. The number of nitrogens with zero attached hydrogens (tertiary/aromatic N) is 1. The average molecular weight is 287 g/mol. The van der Waals surface area contributed by atoms with Crippen LogP contribution in [0.4, 0.5) is 0 Å². The van der Waals surface area contributed by atoms with E-state index in [1.807, 2.05) is 0 Å². The van der Waals surface area contributed by atoms with Crippen molar-refractivity contribution in [3.8, 4) is 0 Å². The average Bonchev–Trinajstić information content (AvgIpc) is 3.19. The summed E-state index contributed by atoms with van der Waals surface area (Å²) in [5, 5.41) is 0.297. The van der Waals surface area contributed by atoms with Crippen molar-refractivity contribution in [2.75, 3.05) is 6.54 Å². The van der Waals surface area contributed by atoms with Gasteiger partial charge in [0.25, 0.3) is 0 Å². The van der Waals surface area contributed by atoms with E-state index in [0.29, 0.717) is 11.7 Å². The van der Waals surface area contributed by atoms with Gasteiger partial charge in [0.1, 0.15) is 10.0 Å². The Morgan fingerprint density at radius 2 is 2.11 bits per heavy atom. The van der Waals surface area contributed by atoms with Gasteiger partial charge in [-0.05, 0) is 49.1 Å². The van der Waals surface area contributed by atoms with Gasteiger partial charge in [-0.1, -0.05) is 11.6 Å². The third-order valence-electron chi connectivity index (χ3n) is 3.96. The molecule has 0 saturated heterocycles. The fourth-order valence-electron chi connectivity index (χ4n) is 2.43. The Balaban J connectivity index is 1.69. The van der Waals surface area contributed by atoms with Gasteiger partial charge in [-0.25, -0.2) is 18.1 Å². The predicted molar refractivity (Wildman–Crippen MR) is 68.8 cm³/mol. The second kappa shape index (κ2) is 4.18. The van der Waals surface area contributed by atoms with E-state index < -0.39 is 10.0 Å². The van der Waals surface area contributed by atoms with E-state index in [2.05, 4.69) is 9.71 Å². The SMILES string of the molecule is O=S(=O)(NCC1(C2CC2)CC1)c1ccc(Cl)nc1. The van der Waals surface area contributed by atoms with Crippen molar-refractivity contribution in [1.82, 2.24) is 9.71 Å². The molecule has 3 rings (SSSR count). The van der Waals surface area contributed by atoms with Gasteiger partial charge in [0.2, 0.25) is 10.0 Å². The molecule has 2 saturated carbocycles. The highest BCUT2D eigenvalue weighted by atomic mass is 35.5. The lowest BCUT2D eigenvalue weighted by atomic mass is 10.0. The second-order valence-electron chi connectivity index (χ2n) is 5.28. The van der Waals surface area contributed by atoms with Crippen molar-refractivity contribution >= 4 is 21.6 Å². The molecule has 1 heterocycles. The Morgan fingerprint density at radius 3 is 2.61 bits per heavy atom. The van der Waals surface area contributed by atoms with Crippen LogP contribution in [0.5, 0.6) is 0 Å². The maximum Gasteiger partial charge on any atom is 0.242 e. The number of sulfonamides is 1. The summed E-state index contributed by atoms with van der Waals surface area (Å²) in [5.74, 6) is 0.739. The molecule has 2 aliphatic carbocycles. The van der Waals surface area contributed by atoms with Crippen molar-refractivity contribution in [3.05, 3.63) is 23.5 Å². The van der Waals surface area contributed by atoms with Crippen molar-refractivity contribution < 1.29 is 8.42 Å². The zero-order valence-electron chi connectivity index (χ0n) is 9.89. The molecule has 4 nitrogen and oxygen atoms in total. The normalized spacial score (nSPS) is 21.8. The van der Waals surface area contributed by atoms with Crippen LogP contribution in [0.3, 0.4) is 0 Å². The van der Waals surface area contributed by atoms with Crippen LogP contribution < -0.4 is 4.72 Å². The fourth-order valence-corrected chi connectivity index (χ4v) is 3.62. The molecular weight excluding hydrogens is 272 g/mol. The molecule has 0 spiro atoms. The number of hydrogen-bond acceptors (Lipinski definition) is 3. The maximum absolute atomic E-state index is 12.1. The van der Waals surface area contributed by atoms with Gasteiger partial charge in [0, 0.05) is 12.7 Å². The molecule has 2 aliphatic rings. The van der Waals surface area contributed by atoms with Gasteiger partial charge in [-0.15, -0.1) is 0 Å². The van der Waals surface area contributed by atoms with Crippen LogP contribution in [-0.4, -0.2) is 19.9 Å². The number of aromatic nitrogens is 1. The van der Waals surface area contributed by atoms with E-state index in [0.717, 1.165) is 18.8 Å². The van der Waals surface area contributed by atoms with Gasteiger partial charge in [-0.2, -0.15) is 0 Å². The van der Waals surface area contributed by atoms with E-state index in [1.54, 1.807) is 0 Å². The highest BCUT2D eigenvalue weighted by Crippen LogP contribution is 2.60. The van der Waals surface area contributed by atoms with Gasteiger partial charge < -0.3 is 0 Å². The van der Waals surface area contributed by atoms with E-state index >= 15 is 0 Å². The summed E-state index contributed by atoms with van der Waals surface area (Å²) in [6.07, 6.45) is 6.11. The van der Waals surface area contributed by atoms with E-state index in [9.17, 15) is 8.42 Å². The Bertz CT molecular complexity index is 548. The molecule has 1 N–H and O–H groups in total. The quantitative estimate of drug-likeness (QED) is 0.844. The largest absolute Gasteiger partial charge is 0.243 e. The number of rotatable bonds is 5. The van der Waals surface area contributed by atoms with Crippen LogP contribution in [0.2, 0.25) is 5.15 Å².